The molecule has 1 aliphatic rings. The fourth-order valence-electron chi connectivity index (χ4n) is 2.86. The molecule has 0 bridgehead atoms. The zero-order valence-electron chi connectivity index (χ0n) is 14.2. The molecule has 3 rings (SSSR count). The maximum absolute atomic E-state index is 12.9. The first-order valence-electron chi connectivity index (χ1n) is 8.46. The van der Waals surface area contributed by atoms with Gasteiger partial charge in [0.2, 0.25) is 0 Å². The van der Waals surface area contributed by atoms with Crippen LogP contribution >= 0.6 is 0 Å². The van der Waals surface area contributed by atoms with Gasteiger partial charge in [0.25, 0.3) is 5.91 Å². The Morgan fingerprint density at radius 1 is 1.23 bits per heavy atom. The number of phenols is 1. The number of aromatic hydroxyl groups is 1. The summed E-state index contributed by atoms with van der Waals surface area (Å²) in [5, 5.41) is 26.0. The summed E-state index contributed by atoms with van der Waals surface area (Å²) in [5.74, 6) is -0.398. The number of hydrogen-bond donors (Lipinski definition) is 4. The van der Waals surface area contributed by atoms with E-state index in [1.54, 1.807) is 18.2 Å². The Morgan fingerprint density at radius 3 is 2.77 bits per heavy atom. The fourth-order valence-corrected chi connectivity index (χ4v) is 2.86. The fraction of sp³-hybridized carbons (Fsp3) is 0.316. The van der Waals surface area contributed by atoms with Gasteiger partial charge in [0.05, 0.1) is 6.10 Å². The van der Waals surface area contributed by atoms with E-state index in [1.165, 1.54) is 18.2 Å². The minimum atomic E-state index is -0.842. The van der Waals surface area contributed by atoms with Crippen LogP contribution in [0, 0.1) is 5.82 Å². The van der Waals surface area contributed by atoms with Gasteiger partial charge in [0.1, 0.15) is 17.3 Å². The van der Waals surface area contributed by atoms with E-state index in [1.807, 2.05) is 0 Å². The van der Waals surface area contributed by atoms with Crippen molar-refractivity contribution in [3.63, 3.8) is 0 Å². The van der Waals surface area contributed by atoms with Crippen molar-refractivity contribution in [2.45, 2.75) is 18.9 Å². The van der Waals surface area contributed by atoms with Crippen LogP contribution in [0.5, 0.6) is 11.5 Å². The molecule has 1 unspecified atom stereocenters. The zero-order valence-corrected chi connectivity index (χ0v) is 14.2. The highest BCUT2D eigenvalue weighted by Gasteiger charge is 2.25. The first kappa shape index (κ1) is 18.2. The number of phenolic OH excluding ortho intramolecular Hbond substituents is 1. The maximum Gasteiger partial charge on any atom is 0.262 e. The van der Waals surface area contributed by atoms with Crippen LogP contribution in [-0.4, -0.2) is 35.8 Å². The number of hydrogen-bond acceptors (Lipinski definition) is 5. The molecule has 0 aliphatic carbocycles. The summed E-state index contributed by atoms with van der Waals surface area (Å²) in [7, 11) is 0. The van der Waals surface area contributed by atoms with Gasteiger partial charge in [-0.2, -0.15) is 0 Å². The van der Waals surface area contributed by atoms with Gasteiger partial charge in [-0.05, 0) is 49.2 Å². The molecular weight excluding hydrogens is 339 g/mol. The number of carbonyl (C=O) groups is 1. The summed E-state index contributed by atoms with van der Waals surface area (Å²) >= 11 is 0. The Labute approximate surface area is 150 Å². The largest absolute Gasteiger partial charge is 0.506 e. The summed E-state index contributed by atoms with van der Waals surface area (Å²) in [6, 6.07) is 9.41. The summed E-state index contributed by atoms with van der Waals surface area (Å²) < 4.78 is 18.2. The molecule has 0 aromatic heterocycles. The summed E-state index contributed by atoms with van der Waals surface area (Å²) in [6.07, 6.45) is 0.816. The molecule has 26 heavy (non-hydrogen) atoms. The number of anilines is 1. The SMILES string of the molecule is O=C1COc2c(C(O)CNCCCc3ccc(F)cc3)ccc(O)c2N1. The number of ether oxygens (including phenoxy) is 1. The zero-order chi connectivity index (χ0) is 18.5. The van der Waals surface area contributed by atoms with Crippen molar-refractivity contribution in [2.75, 3.05) is 25.0 Å². The lowest BCUT2D eigenvalue weighted by Crippen LogP contribution is -2.28. The molecule has 138 valence electrons. The number of aliphatic hydroxyl groups is 1. The van der Waals surface area contributed by atoms with Crippen molar-refractivity contribution >= 4 is 11.6 Å². The summed E-state index contributed by atoms with van der Waals surface area (Å²) in [5.41, 5.74) is 1.75. The number of carbonyl (C=O) groups excluding carboxylic acids is 1. The van der Waals surface area contributed by atoms with E-state index in [2.05, 4.69) is 10.6 Å². The van der Waals surface area contributed by atoms with Crippen LogP contribution in [0.4, 0.5) is 10.1 Å². The van der Waals surface area contributed by atoms with Crippen LogP contribution in [-0.2, 0) is 11.2 Å². The number of fused-ring (bicyclic) bond motifs is 1. The molecule has 0 fully saturated rings. The molecule has 0 spiro atoms. The first-order valence-corrected chi connectivity index (χ1v) is 8.46. The molecule has 0 saturated carbocycles. The molecule has 2 aromatic rings. The van der Waals surface area contributed by atoms with Crippen molar-refractivity contribution in [3.8, 4) is 11.5 Å². The van der Waals surface area contributed by atoms with Crippen LogP contribution < -0.4 is 15.4 Å². The Bertz CT molecular complexity index is 780. The van der Waals surface area contributed by atoms with Gasteiger partial charge in [-0.3, -0.25) is 4.79 Å². The Morgan fingerprint density at radius 2 is 2.00 bits per heavy atom. The average molecular weight is 360 g/mol. The lowest BCUT2D eigenvalue weighted by atomic mass is 10.0. The number of rotatable bonds is 7. The number of halogens is 1. The second-order valence-corrected chi connectivity index (χ2v) is 6.16. The standard InChI is InChI=1S/C19H21FN2O4/c20-13-5-3-12(4-6-13)2-1-9-21-10-16(24)14-7-8-15(23)18-19(14)26-11-17(25)22-18/h3-8,16,21,23-24H,1-2,9-11H2,(H,22,25). The predicted octanol–water partition coefficient (Wildman–Crippen LogP) is 2.12. The highest BCUT2D eigenvalue weighted by molar-refractivity contribution is 5.97. The number of benzene rings is 2. The molecule has 1 heterocycles. The monoisotopic (exact) mass is 360 g/mol. The third kappa shape index (κ3) is 4.30. The smallest absolute Gasteiger partial charge is 0.262 e. The second-order valence-electron chi connectivity index (χ2n) is 6.16. The molecule has 4 N–H and O–H groups in total. The average Bonchev–Trinajstić information content (AvgIpc) is 2.63. The molecule has 1 amide bonds. The molecular formula is C19H21FN2O4. The van der Waals surface area contributed by atoms with Gasteiger partial charge in [-0.15, -0.1) is 0 Å². The summed E-state index contributed by atoms with van der Waals surface area (Å²) in [6.45, 7) is 0.839. The second kappa shape index (κ2) is 8.16. The van der Waals surface area contributed by atoms with Gasteiger partial charge < -0.3 is 25.6 Å². The van der Waals surface area contributed by atoms with E-state index in [4.69, 9.17) is 4.74 Å². The van der Waals surface area contributed by atoms with Crippen LogP contribution in [0.25, 0.3) is 0 Å². The maximum atomic E-state index is 12.9. The third-order valence-corrected chi connectivity index (χ3v) is 4.21. The lowest BCUT2D eigenvalue weighted by Gasteiger charge is -2.23. The van der Waals surface area contributed by atoms with Crippen molar-refractivity contribution in [3.05, 3.63) is 53.3 Å². The number of amides is 1. The van der Waals surface area contributed by atoms with Gasteiger partial charge in [0, 0.05) is 12.1 Å². The number of aryl methyl sites for hydroxylation is 1. The van der Waals surface area contributed by atoms with Gasteiger partial charge in [-0.25, -0.2) is 4.39 Å². The molecule has 0 saturated heterocycles. The quantitative estimate of drug-likeness (QED) is 0.449. The van der Waals surface area contributed by atoms with E-state index < -0.39 is 6.10 Å². The minimum absolute atomic E-state index is 0.101. The lowest BCUT2D eigenvalue weighted by molar-refractivity contribution is -0.118. The van der Waals surface area contributed by atoms with Crippen molar-refractivity contribution in [2.24, 2.45) is 0 Å². The Kier molecular flexibility index (Phi) is 5.70. The Hall–Kier alpha value is -2.64. The molecule has 1 aliphatic heterocycles. The Balaban J connectivity index is 1.51. The molecule has 7 heteroatoms. The predicted molar refractivity (Wildman–Crippen MR) is 94.8 cm³/mol. The van der Waals surface area contributed by atoms with Crippen molar-refractivity contribution in [1.82, 2.24) is 5.32 Å². The van der Waals surface area contributed by atoms with E-state index in [-0.39, 0.29) is 29.8 Å². The molecule has 0 radical (unpaired) electrons. The topological polar surface area (TPSA) is 90.8 Å². The van der Waals surface area contributed by atoms with Crippen molar-refractivity contribution in [1.29, 1.82) is 0 Å². The van der Waals surface area contributed by atoms with E-state index >= 15 is 0 Å². The van der Waals surface area contributed by atoms with Crippen molar-refractivity contribution < 1.29 is 24.1 Å². The first-order chi connectivity index (χ1) is 12.5. The van der Waals surface area contributed by atoms with Gasteiger partial charge >= 0.3 is 0 Å². The van der Waals surface area contributed by atoms with E-state index in [9.17, 15) is 19.4 Å². The minimum Gasteiger partial charge on any atom is -0.506 e. The highest BCUT2D eigenvalue weighted by atomic mass is 19.1. The van der Waals surface area contributed by atoms with E-state index in [0.717, 1.165) is 18.4 Å². The van der Waals surface area contributed by atoms with Crippen LogP contribution in [0.15, 0.2) is 36.4 Å². The van der Waals surface area contributed by atoms with Crippen LogP contribution in [0.1, 0.15) is 23.7 Å². The third-order valence-electron chi connectivity index (χ3n) is 4.21. The van der Waals surface area contributed by atoms with Gasteiger partial charge in [0.15, 0.2) is 12.4 Å². The number of aliphatic hydroxyl groups excluding tert-OH is 1. The number of nitrogens with one attached hydrogen (secondary N) is 2. The molecule has 6 nitrogen and oxygen atoms in total. The van der Waals surface area contributed by atoms with Gasteiger partial charge in [-0.1, -0.05) is 12.1 Å². The summed E-state index contributed by atoms with van der Waals surface area (Å²) in [4.78, 5) is 11.4. The van der Waals surface area contributed by atoms with E-state index in [0.29, 0.717) is 24.4 Å². The molecule has 1 atom stereocenters. The van der Waals surface area contributed by atoms with Crippen LogP contribution in [0.3, 0.4) is 0 Å². The normalized spacial score (nSPS) is 14.3. The molecule has 2 aromatic carbocycles. The highest BCUT2D eigenvalue weighted by Crippen LogP contribution is 2.41. The van der Waals surface area contributed by atoms with Crippen LogP contribution in [0.2, 0.25) is 0 Å².